The number of amides is 2. The lowest BCUT2D eigenvalue weighted by Gasteiger charge is -2.08. The van der Waals surface area contributed by atoms with Crippen LogP contribution in [0, 0.1) is 10.1 Å². The Balaban J connectivity index is 1.39. The van der Waals surface area contributed by atoms with Crippen LogP contribution in [0.4, 0.5) is 11.4 Å². The minimum Gasteiger partial charge on any atom is -0.422 e. The maximum atomic E-state index is 12.6. The lowest BCUT2D eigenvalue weighted by atomic mass is 10.1. The number of hydrogen-bond acceptors (Lipinski definition) is 7. The van der Waals surface area contributed by atoms with Crippen molar-refractivity contribution in [1.29, 1.82) is 0 Å². The summed E-state index contributed by atoms with van der Waals surface area (Å²) in [5.74, 6) is -1.31. The number of halogens is 1. The van der Waals surface area contributed by atoms with Crippen molar-refractivity contribution in [2.75, 3.05) is 5.32 Å². The molecule has 39 heavy (non-hydrogen) atoms. The number of esters is 1. The Labute approximate surface area is 230 Å². The first-order valence-corrected chi connectivity index (χ1v) is 12.2. The van der Waals surface area contributed by atoms with Gasteiger partial charge < -0.3 is 10.1 Å². The number of benzene rings is 4. The summed E-state index contributed by atoms with van der Waals surface area (Å²) < 4.78 is 6.32. The van der Waals surface area contributed by atoms with E-state index >= 15 is 0 Å². The van der Waals surface area contributed by atoms with Crippen LogP contribution in [0.5, 0.6) is 5.75 Å². The number of nitro groups is 1. The highest BCUT2D eigenvalue weighted by atomic mass is 79.9. The molecule has 0 bridgehead atoms. The Bertz CT molecular complexity index is 1570. The first kappa shape index (κ1) is 26.9. The largest absolute Gasteiger partial charge is 0.422 e. The number of nitrogens with one attached hydrogen (secondary N) is 2. The molecule has 11 heteroatoms. The van der Waals surface area contributed by atoms with Gasteiger partial charge in [0.2, 0.25) is 0 Å². The molecule has 0 atom stereocenters. The van der Waals surface area contributed by atoms with Gasteiger partial charge in [-0.3, -0.25) is 19.7 Å². The number of hydrazone groups is 1. The van der Waals surface area contributed by atoms with E-state index in [4.69, 9.17) is 4.74 Å². The zero-order chi connectivity index (χ0) is 27.8. The summed E-state index contributed by atoms with van der Waals surface area (Å²) >= 11 is 3.32. The molecule has 0 heterocycles. The van der Waals surface area contributed by atoms with Crippen LogP contribution in [0.15, 0.2) is 107 Å². The predicted octanol–water partition coefficient (Wildman–Crippen LogP) is 5.59. The van der Waals surface area contributed by atoms with Crippen molar-refractivity contribution in [3.8, 4) is 5.75 Å². The number of non-ortho nitro benzene ring substituents is 1. The van der Waals surface area contributed by atoms with E-state index in [1.165, 1.54) is 36.5 Å². The maximum Gasteiger partial charge on any atom is 0.343 e. The number of hydrogen-bond donors (Lipinski definition) is 2. The van der Waals surface area contributed by atoms with E-state index in [0.717, 1.165) is 4.47 Å². The van der Waals surface area contributed by atoms with E-state index in [1.54, 1.807) is 66.7 Å². The third-order valence-electron chi connectivity index (χ3n) is 5.29. The van der Waals surface area contributed by atoms with Gasteiger partial charge in [0, 0.05) is 39.0 Å². The standard InChI is InChI=1S/C28H19BrN4O6/c29-22-12-8-19(9-13-22)28(36)39-25-7-2-1-4-21(25)17-30-32-27(35)20-5-3-6-23(16-20)31-26(34)18-10-14-24(15-11-18)33(37)38/h1-17H,(H,31,34)(H,32,35). The molecule has 0 aliphatic carbocycles. The van der Waals surface area contributed by atoms with Crippen molar-refractivity contribution >= 4 is 51.3 Å². The van der Waals surface area contributed by atoms with Crippen LogP contribution in [-0.4, -0.2) is 28.9 Å². The number of ether oxygens (including phenoxy) is 1. The normalized spacial score (nSPS) is 10.6. The number of nitrogens with zero attached hydrogens (tertiary/aromatic N) is 2. The van der Waals surface area contributed by atoms with E-state index in [9.17, 15) is 24.5 Å². The third kappa shape index (κ3) is 7.21. The van der Waals surface area contributed by atoms with Gasteiger partial charge in [0.25, 0.3) is 17.5 Å². The molecule has 0 fully saturated rings. The molecule has 0 radical (unpaired) electrons. The molecule has 0 saturated carbocycles. The molecule has 0 aliphatic rings. The van der Waals surface area contributed by atoms with Gasteiger partial charge in [0.15, 0.2) is 0 Å². The van der Waals surface area contributed by atoms with Crippen LogP contribution in [0.1, 0.15) is 36.6 Å². The van der Waals surface area contributed by atoms with Crippen LogP contribution >= 0.6 is 15.9 Å². The number of anilines is 1. The van der Waals surface area contributed by atoms with E-state index in [-0.39, 0.29) is 22.6 Å². The van der Waals surface area contributed by atoms with Crippen LogP contribution in [0.3, 0.4) is 0 Å². The zero-order valence-electron chi connectivity index (χ0n) is 20.0. The molecule has 0 saturated heterocycles. The predicted molar refractivity (Wildman–Crippen MR) is 148 cm³/mol. The monoisotopic (exact) mass is 586 g/mol. The average molecular weight is 587 g/mol. The van der Waals surface area contributed by atoms with Gasteiger partial charge in [-0.05, 0) is 66.7 Å². The molecule has 0 spiro atoms. The molecule has 10 nitrogen and oxygen atoms in total. The van der Waals surface area contributed by atoms with Gasteiger partial charge in [-0.25, -0.2) is 10.2 Å². The molecular formula is C28H19BrN4O6. The second kappa shape index (κ2) is 12.4. The van der Waals surface area contributed by atoms with Crippen molar-refractivity contribution in [3.05, 3.63) is 134 Å². The first-order valence-electron chi connectivity index (χ1n) is 11.4. The summed E-state index contributed by atoms with van der Waals surface area (Å²) in [4.78, 5) is 47.8. The molecule has 4 aromatic carbocycles. The smallest absolute Gasteiger partial charge is 0.343 e. The highest BCUT2D eigenvalue weighted by Crippen LogP contribution is 2.19. The van der Waals surface area contributed by atoms with Gasteiger partial charge in [-0.2, -0.15) is 5.10 Å². The van der Waals surface area contributed by atoms with Gasteiger partial charge >= 0.3 is 5.97 Å². The van der Waals surface area contributed by atoms with E-state index < -0.39 is 22.7 Å². The Kier molecular flexibility index (Phi) is 8.54. The fraction of sp³-hybridized carbons (Fsp3) is 0. The highest BCUT2D eigenvalue weighted by Gasteiger charge is 2.13. The number of rotatable bonds is 8. The van der Waals surface area contributed by atoms with Gasteiger partial charge in [-0.15, -0.1) is 0 Å². The molecular weight excluding hydrogens is 568 g/mol. The first-order chi connectivity index (χ1) is 18.8. The molecule has 4 rings (SSSR count). The zero-order valence-corrected chi connectivity index (χ0v) is 21.6. The van der Waals surface area contributed by atoms with Gasteiger partial charge in [-0.1, -0.05) is 34.1 Å². The summed E-state index contributed by atoms with van der Waals surface area (Å²) in [5.41, 5.74) is 3.91. The Morgan fingerprint density at radius 3 is 2.23 bits per heavy atom. The lowest BCUT2D eigenvalue weighted by Crippen LogP contribution is -2.18. The summed E-state index contributed by atoms with van der Waals surface area (Å²) in [7, 11) is 0. The van der Waals surface area contributed by atoms with Crippen LogP contribution in [0.2, 0.25) is 0 Å². The Morgan fingerprint density at radius 2 is 1.51 bits per heavy atom. The Hall–Kier alpha value is -5.16. The molecule has 0 aliphatic heterocycles. The SMILES string of the molecule is O=C(NN=Cc1ccccc1OC(=O)c1ccc(Br)cc1)c1cccc(NC(=O)c2ccc([N+](=O)[O-])cc2)c1. The van der Waals surface area contributed by atoms with Gasteiger partial charge in [0.1, 0.15) is 5.75 Å². The Morgan fingerprint density at radius 1 is 0.821 bits per heavy atom. The van der Waals surface area contributed by atoms with Crippen molar-refractivity contribution in [3.63, 3.8) is 0 Å². The van der Waals surface area contributed by atoms with E-state index in [1.807, 2.05) is 0 Å². The van der Waals surface area contributed by atoms with Crippen molar-refractivity contribution in [2.45, 2.75) is 0 Å². The molecule has 0 unspecified atom stereocenters. The topological polar surface area (TPSA) is 140 Å². The fourth-order valence-corrected chi connectivity index (χ4v) is 3.59. The lowest BCUT2D eigenvalue weighted by molar-refractivity contribution is -0.384. The molecule has 0 aromatic heterocycles. The molecule has 2 amide bonds. The minimum absolute atomic E-state index is 0.129. The second-order valence-electron chi connectivity index (χ2n) is 7.97. The number of nitro benzene ring substituents is 1. The fourth-order valence-electron chi connectivity index (χ4n) is 3.33. The van der Waals surface area contributed by atoms with Gasteiger partial charge in [0.05, 0.1) is 16.7 Å². The number of carbonyl (C=O) groups is 3. The van der Waals surface area contributed by atoms with Crippen LogP contribution in [-0.2, 0) is 0 Å². The average Bonchev–Trinajstić information content (AvgIpc) is 2.94. The van der Waals surface area contributed by atoms with E-state index in [2.05, 4.69) is 31.8 Å². The maximum absolute atomic E-state index is 12.6. The molecule has 2 N–H and O–H groups in total. The number of para-hydroxylation sites is 1. The van der Waals surface area contributed by atoms with Crippen molar-refractivity contribution in [2.24, 2.45) is 5.10 Å². The highest BCUT2D eigenvalue weighted by molar-refractivity contribution is 9.10. The van der Waals surface area contributed by atoms with Crippen LogP contribution < -0.4 is 15.5 Å². The van der Waals surface area contributed by atoms with Crippen molar-refractivity contribution in [1.82, 2.24) is 5.43 Å². The molecule has 194 valence electrons. The van der Waals surface area contributed by atoms with E-state index in [0.29, 0.717) is 16.8 Å². The number of carbonyl (C=O) groups excluding carboxylic acids is 3. The third-order valence-corrected chi connectivity index (χ3v) is 5.82. The summed E-state index contributed by atoms with van der Waals surface area (Å²) in [6, 6.07) is 24.8. The second-order valence-corrected chi connectivity index (χ2v) is 8.89. The summed E-state index contributed by atoms with van der Waals surface area (Å²) in [6.45, 7) is 0. The summed E-state index contributed by atoms with van der Waals surface area (Å²) in [6.07, 6.45) is 1.35. The quantitative estimate of drug-likeness (QED) is 0.0906. The summed E-state index contributed by atoms with van der Waals surface area (Å²) in [5, 5.41) is 17.4. The minimum atomic E-state index is -0.554. The van der Waals surface area contributed by atoms with Crippen LogP contribution in [0.25, 0.3) is 0 Å². The molecule has 4 aromatic rings. The van der Waals surface area contributed by atoms with Crippen molar-refractivity contribution < 1.29 is 24.0 Å².